The molecule has 0 aliphatic carbocycles. The summed E-state index contributed by atoms with van der Waals surface area (Å²) in [5.74, 6) is 0.984. The van der Waals surface area contributed by atoms with Crippen LogP contribution in [0.5, 0.6) is 5.75 Å². The van der Waals surface area contributed by atoms with Crippen LogP contribution in [0.15, 0.2) is 48.5 Å². The molecule has 0 bridgehead atoms. The van der Waals surface area contributed by atoms with Gasteiger partial charge in [0.1, 0.15) is 5.75 Å². The number of likely N-dealkylation sites (tertiary alicyclic amines) is 1. The van der Waals surface area contributed by atoms with Crippen molar-refractivity contribution in [3.63, 3.8) is 0 Å². The van der Waals surface area contributed by atoms with E-state index in [0.717, 1.165) is 17.5 Å². The van der Waals surface area contributed by atoms with E-state index in [4.69, 9.17) is 4.74 Å². The molecule has 1 aliphatic heterocycles. The molecule has 2 atom stereocenters. The highest BCUT2D eigenvalue weighted by Gasteiger charge is 2.40. The first-order valence-electron chi connectivity index (χ1n) is 10.7. The molecule has 2 aromatic rings. The Morgan fingerprint density at radius 1 is 1.10 bits per heavy atom. The molecule has 0 saturated carbocycles. The van der Waals surface area contributed by atoms with Gasteiger partial charge in [-0.25, -0.2) is 0 Å². The zero-order valence-corrected chi connectivity index (χ0v) is 18.4. The fourth-order valence-corrected chi connectivity index (χ4v) is 4.08. The van der Waals surface area contributed by atoms with Crippen molar-refractivity contribution in [3.05, 3.63) is 65.2 Å². The Labute approximate surface area is 179 Å². The molecular weight excluding hydrogens is 376 g/mol. The van der Waals surface area contributed by atoms with Gasteiger partial charge in [0.15, 0.2) is 0 Å². The Bertz CT molecular complexity index is 876. The molecule has 3 rings (SSSR count). The Kier molecular flexibility index (Phi) is 7.14. The Morgan fingerprint density at radius 2 is 1.80 bits per heavy atom. The van der Waals surface area contributed by atoms with E-state index in [0.29, 0.717) is 36.9 Å². The number of carbonyl (C=O) groups excluding carboxylic acids is 2. The number of aryl methyl sites for hydroxylation is 1. The number of benzene rings is 2. The van der Waals surface area contributed by atoms with Gasteiger partial charge in [-0.2, -0.15) is 0 Å². The summed E-state index contributed by atoms with van der Waals surface area (Å²) in [6.45, 7) is 7.99. The van der Waals surface area contributed by atoms with Crippen LogP contribution in [-0.4, -0.2) is 43.5 Å². The van der Waals surface area contributed by atoms with E-state index < -0.39 is 0 Å². The minimum Gasteiger partial charge on any atom is -0.497 e. The molecule has 5 heteroatoms. The third kappa shape index (κ3) is 5.02. The molecule has 0 radical (unpaired) electrons. The van der Waals surface area contributed by atoms with Crippen molar-refractivity contribution < 1.29 is 14.3 Å². The van der Waals surface area contributed by atoms with Gasteiger partial charge in [0.05, 0.1) is 13.0 Å². The third-order valence-electron chi connectivity index (χ3n) is 5.89. The van der Waals surface area contributed by atoms with Gasteiger partial charge in [-0.05, 0) is 54.7 Å². The van der Waals surface area contributed by atoms with E-state index in [9.17, 15) is 9.59 Å². The van der Waals surface area contributed by atoms with Gasteiger partial charge in [-0.1, -0.05) is 38.1 Å². The number of methoxy groups -OCH3 is 1. The number of nitrogens with zero attached hydrogens (tertiary/aromatic N) is 1. The van der Waals surface area contributed by atoms with Crippen molar-refractivity contribution in [2.24, 2.45) is 11.8 Å². The van der Waals surface area contributed by atoms with Gasteiger partial charge >= 0.3 is 0 Å². The van der Waals surface area contributed by atoms with E-state index >= 15 is 0 Å². The number of hydrogen-bond donors (Lipinski definition) is 1. The van der Waals surface area contributed by atoms with Crippen molar-refractivity contribution in [1.29, 1.82) is 0 Å². The van der Waals surface area contributed by atoms with Gasteiger partial charge in [0.25, 0.3) is 5.91 Å². The lowest BCUT2D eigenvalue weighted by Crippen LogP contribution is -2.36. The minimum atomic E-state index is -0.250. The van der Waals surface area contributed by atoms with Gasteiger partial charge in [-0.15, -0.1) is 0 Å². The molecule has 1 saturated heterocycles. The monoisotopic (exact) mass is 408 g/mol. The Hall–Kier alpha value is -2.82. The fraction of sp³-hybridized carbons (Fsp3) is 0.440. The van der Waals surface area contributed by atoms with E-state index in [-0.39, 0.29) is 23.7 Å². The summed E-state index contributed by atoms with van der Waals surface area (Å²) in [6, 6.07) is 15.3. The van der Waals surface area contributed by atoms with Crippen molar-refractivity contribution in [3.8, 4) is 5.75 Å². The molecule has 1 aliphatic rings. The van der Waals surface area contributed by atoms with Crippen LogP contribution < -0.4 is 10.1 Å². The Morgan fingerprint density at radius 3 is 2.43 bits per heavy atom. The summed E-state index contributed by atoms with van der Waals surface area (Å²) in [7, 11) is 1.60. The standard InChI is InChI=1S/C25H32N2O3/c1-17(2)13-14-26-24(28)23-16-27(15-22(23)21-8-6-5-7-18(21)3)25(29)19-9-11-20(30-4)12-10-19/h5-12,17,22-23H,13-16H2,1-4H3,(H,26,28). The highest BCUT2D eigenvalue weighted by Crippen LogP contribution is 2.35. The molecule has 0 spiro atoms. The average molecular weight is 409 g/mol. The van der Waals surface area contributed by atoms with Crippen LogP contribution in [0.4, 0.5) is 0 Å². The molecule has 1 N–H and O–H groups in total. The van der Waals surface area contributed by atoms with Crippen LogP contribution >= 0.6 is 0 Å². The summed E-state index contributed by atoms with van der Waals surface area (Å²) in [4.78, 5) is 28.0. The number of amides is 2. The smallest absolute Gasteiger partial charge is 0.253 e. The zero-order chi connectivity index (χ0) is 21.7. The van der Waals surface area contributed by atoms with E-state index in [2.05, 4.69) is 38.2 Å². The zero-order valence-electron chi connectivity index (χ0n) is 18.4. The highest BCUT2D eigenvalue weighted by molar-refractivity contribution is 5.95. The predicted molar refractivity (Wildman–Crippen MR) is 119 cm³/mol. The van der Waals surface area contributed by atoms with Gasteiger partial charge < -0.3 is 15.0 Å². The van der Waals surface area contributed by atoms with Crippen LogP contribution in [0, 0.1) is 18.8 Å². The second kappa shape index (κ2) is 9.79. The van der Waals surface area contributed by atoms with E-state index in [1.165, 1.54) is 0 Å². The maximum atomic E-state index is 13.1. The summed E-state index contributed by atoms with van der Waals surface area (Å²) in [5, 5.41) is 3.10. The number of rotatable bonds is 7. The topological polar surface area (TPSA) is 58.6 Å². The maximum Gasteiger partial charge on any atom is 0.253 e. The fourth-order valence-electron chi connectivity index (χ4n) is 4.08. The summed E-state index contributed by atoms with van der Waals surface area (Å²) in [5.41, 5.74) is 2.91. The van der Waals surface area contributed by atoms with Gasteiger partial charge in [0.2, 0.25) is 5.91 Å². The molecular formula is C25H32N2O3. The quantitative estimate of drug-likeness (QED) is 0.753. The highest BCUT2D eigenvalue weighted by atomic mass is 16.5. The molecule has 160 valence electrons. The average Bonchev–Trinajstić information content (AvgIpc) is 3.18. The third-order valence-corrected chi connectivity index (χ3v) is 5.89. The molecule has 1 heterocycles. The van der Waals surface area contributed by atoms with Crippen molar-refractivity contribution in [2.75, 3.05) is 26.7 Å². The first kappa shape index (κ1) is 21.9. The predicted octanol–water partition coefficient (Wildman–Crippen LogP) is 4.02. The summed E-state index contributed by atoms with van der Waals surface area (Å²) >= 11 is 0. The van der Waals surface area contributed by atoms with E-state index in [1.807, 2.05) is 17.0 Å². The van der Waals surface area contributed by atoms with Gasteiger partial charge in [0, 0.05) is 31.1 Å². The molecule has 2 amide bonds. The molecule has 2 aromatic carbocycles. The van der Waals surface area contributed by atoms with Crippen molar-refractivity contribution in [2.45, 2.75) is 33.1 Å². The van der Waals surface area contributed by atoms with Crippen molar-refractivity contribution >= 4 is 11.8 Å². The lowest BCUT2D eigenvalue weighted by molar-refractivity contribution is -0.124. The molecule has 2 unspecified atom stereocenters. The van der Waals surface area contributed by atoms with E-state index in [1.54, 1.807) is 31.4 Å². The molecule has 1 fully saturated rings. The first-order chi connectivity index (χ1) is 14.4. The van der Waals surface area contributed by atoms with Crippen molar-refractivity contribution in [1.82, 2.24) is 10.2 Å². The Balaban J connectivity index is 1.81. The lowest BCUT2D eigenvalue weighted by atomic mass is 9.86. The van der Waals surface area contributed by atoms with Crippen LogP contribution in [0.2, 0.25) is 0 Å². The SMILES string of the molecule is COc1ccc(C(=O)N2CC(C(=O)NCCC(C)C)C(c3ccccc3C)C2)cc1. The first-order valence-corrected chi connectivity index (χ1v) is 10.7. The number of carbonyl (C=O) groups is 2. The molecule has 5 nitrogen and oxygen atoms in total. The minimum absolute atomic E-state index is 0.00699. The van der Waals surface area contributed by atoms with Crippen LogP contribution in [0.25, 0.3) is 0 Å². The molecule has 30 heavy (non-hydrogen) atoms. The van der Waals surface area contributed by atoms with Crippen LogP contribution in [-0.2, 0) is 4.79 Å². The van der Waals surface area contributed by atoms with Crippen LogP contribution in [0.1, 0.15) is 47.7 Å². The summed E-state index contributed by atoms with van der Waals surface area (Å²) in [6.07, 6.45) is 0.946. The van der Waals surface area contributed by atoms with Gasteiger partial charge in [-0.3, -0.25) is 9.59 Å². The molecule has 0 aromatic heterocycles. The maximum absolute atomic E-state index is 13.1. The van der Waals surface area contributed by atoms with Crippen LogP contribution in [0.3, 0.4) is 0 Å². The number of nitrogens with one attached hydrogen (secondary N) is 1. The lowest BCUT2D eigenvalue weighted by Gasteiger charge is -2.20. The largest absolute Gasteiger partial charge is 0.497 e. The summed E-state index contributed by atoms with van der Waals surface area (Å²) < 4.78 is 5.19. The number of hydrogen-bond acceptors (Lipinski definition) is 3. The normalized spacial score (nSPS) is 18.5. The second-order valence-corrected chi connectivity index (χ2v) is 8.48. The number of ether oxygens (including phenoxy) is 1. The second-order valence-electron chi connectivity index (χ2n) is 8.48.